The fourth-order valence-corrected chi connectivity index (χ4v) is 4.20. The molecule has 1 saturated heterocycles. The average Bonchev–Trinajstić information content (AvgIpc) is 2.95. The molecule has 0 bridgehead atoms. The lowest BCUT2D eigenvalue weighted by molar-refractivity contribution is -0.147. The molecule has 0 aliphatic carbocycles. The van der Waals surface area contributed by atoms with Gasteiger partial charge in [0.25, 0.3) is 11.5 Å². The number of hydrogen-bond acceptors (Lipinski definition) is 6. The van der Waals surface area contributed by atoms with Crippen molar-refractivity contribution in [1.29, 1.82) is 0 Å². The van der Waals surface area contributed by atoms with Crippen molar-refractivity contribution in [3.05, 3.63) is 27.7 Å². The van der Waals surface area contributed by atoms with Gasteiger partial charge in [0.15, 0.2) is 0 Å². The Morgan fingerprint density at radius 2 is 1.93 bits per heavy atom. The van der Waals surface area contributed by atoms with Gasteiger partial charge in [0, 0.05) is 44.4 Å². The van der Waals surface area contributed by atoms with Crippen LogP contribution in [0.15, 0.2) is 10.9 Å². The quantitative estimate of drug-likeness (QED) is 0.710. The van der Waals surface area contributed by atoms with Crippen LogP contribution in [0, 0.1) is 0 Å². The summed E-state index contributed by atoms with van der Waals surface area (Å²) in [5.41, 5.74) is 0.930. The molecule has 154 valence electrons. The number of ether oxygens (including phenoxy) is 2. The monoisotopic (exact) mass is 391 g/mol. The van der Waals surface area contributed by atoms with Crippen molar-refractivity contribution in [2.75, 3.05) is 40.4 Å². The molecule has 0 unspecified atom stereocenters. The minimum absolute atomic E-state index is 0.162. The lowest BCUT2D eigenvalue weighted by Crippen LogP contribution is -2.49. The van der Waals surface area contributed by atoms with Gasteiger partial charge in [-0.2, -0.15) is 0 Å². The highest BCUT2D eigenvalue weighted by Gasteiger charge is 2.36. The molecule has 0 saturated carbocycles. The summed E-state index contributed by atoms with van der Waals surface area (Å²) in [4.78, 5) is 42.3. The van der Waals surface area contributed by atoms with E-state index in [0.717, 1.165) is 32.5 Å². The first-order valence-corrected chi connectivity index (χ1v) is 9.93. The summed E-state index contributed by atoms with van der Waals surface area (Å²) < 4.78 is 12.0. The second-order valence-electron chi connectivity index (χ2n) is 7.24. The topological polar surface area (TPSA) is 81.1 Å². The minimum atomic E-state index is -0.596. The van der Waals surface area contributed by atoms with Gasteiger partial charge >= 0.3 is 5.97 Å². The number of carbonyl (C=O) groups is 2. The van der Waals surface area contributed by atoms with Crippen LogP contribution in [-0.4, -0.2) is 72.7 Å². The molecule has 0 N–H and O–H groups in total. The second kappa shape index (κ2) is 8.77. The van der Waals surface area contributed by atoms with Crippen molar-refractivity contribution in [1.82, 2.24) is 14.4 Å². The van der Waals surface area contributed by atoms with Crippen LogP contribution in [-0.2, 0) is 22.5 Å². The van der Waals surface area contributed by atoms with Crippen molar-refractivity contribution in [2.45, 2.75) is 45.2 Å². The van der Waals surface area contributed by atoms with Gasteiger partial charge in [-0.05, 0) is 25.8 Å². The highest BCUT2D eigenvalue weighted by atomic mass is 16.5. The van der Waals surface area contributed by atoms with Crippen LogP contribution in [0.5, 0.6) is 5.75 Å². The number of likely N-dealkylation sites (N-methyl/N-ethyl adjacent to an activating group) is 1. The summed E-state index contributed by atoms with van der Waals surface area (Å²) in [5, 5.41) is 0. The molecule has 0 radical (unpaired) electrons. The lowest BCUT2D eigenvalue weighted by Gasteiger charge is -2.34. The molecule has 0 spiro atoms. The molecule has 1 aromatic heterocycles. The molecule has 1 aromatic rings. The summed E-state index contributed by atoms with van der Waals surface area (Å²) in [6.07, 6.45) is 2.87. The largest absolute Gasteiger partial charge is 0.496 e. The fraction of sp³-hybridized carbons (Fsp3) is 0.650. The van der Waals surface area contributed by atoms with Crippen LogP contribution in [0.4, 0.5) is 0 Å². The van der Waals surface area contributed by atoms with E-state index in [0.29, 0.717) is 37.2 Å². The third kappa shape index (κ3) is 3.78. The number of rotatable bonds is 4. The Morgan fingerprint density at radius 3 is 2.61 bits per heavy atom. The number of likely N-dealkylation sites (tertiary alicyclic amines) is 1. The van der Waals surface area contributed by atoms with E-state index in [9.17, 15) is 14.4 Å². The van der Waals surface area contributed by atoms with Gasteiger partial charge in [-0.1, -0.05) is 6.92 Å². The summed E-state index contributed by atoms with van der Waals surface area (Å²) >= 11 is 0. The van der Waals surface area contributed by atoms with Gasteiger partial charge in [-0.25, -0.2) is 4.79 Å². The summed E-state index contributed by atoms with van der Waals surface area (Å²) in [7, 11) is 2.80. The Labute approximate surface area is 165 Å². The van der Waals surface area contributed by atoms with Gasteiger partial charge in [-0.3, -0.25) is 9.59 Å². The van der Waals surface area contributed by atoms with Crippen LogP contribution < -0.4 is 10.3 Å². The highest BCUT2D eigenvalue weighted by molar-refractivity contribution is 6.00. The minimum Gasteiger partial charge on any atom is -0.496 e. The summed E-state index contributed by atoms with van der Waals surface area (Å²) in [6, 6.07) is 0.788. The number of aromatic nitrogens is 1. The van der Waals surface area contributed by atoms with E-state index >= 15 is 0 Å². The van der Waals surface area contributed by atoms with Crippen molar-refractivity contribution in [3.63, 3.8) is 0 Å². The van der Waals surface area contributed by atoms with Crippen molar-refractivity contribution in [3.8, 4) is 5.75 Å². The van der Waals surface area contributed by atoms with Crippen molar-refractivity contribution >= 4 is 11.9 Å². The Hall–Kier alpha value is -2.35. The fourth-order valence-electron chi connectivity index (χ4n) is 4.20. The molecular weight excluding hydrogens is 362 g/mol. The molecule has 1 amide bonds. The standard InChI is InChI=1S/C20H29N3O5/c1-4-21-10-8-14-18(16(27-2)13-17(24)22(14)12-11-21)19(25)23-9-6-5-7-15(23)20(26)28-3/h13,15H,4-12H2,1-3H3/t15-/m1/s1. The Balaban J connectivity index is 2.06. The molecule has 8 heteroatoms. The zero-order valence-electron chi connectivity index (χ0n) is 16.9. The van der Waals surface area contributed by atoms with Gasteiger partial charge in [0.1, 0.15) is 17.4 Å². The number of carbonyl (C=O) groups excluding carboxylic acids is 2. The Kier molecular flexibility index (Phi) is 6.39. The number of nitrogens with zero attached hydrogens (tertiary/aromatic N) is 3. The second-order valence-corrected chi connectivity index (χ2v) is 7.24. The van der Waals surface area contributed by atoms with Gasteiger partial charge < -0.3 is 23.8 Å². The van der Waals surface area contributed by atoms with Crippen LogP contribution >= 0.6 is 0 Å². The number of amides is 1. The molecule has 28 heavy (non-hydrogen) atoms. The number of hydrogen-bond donors (Lipinski definition) is 0. The van der Waals surface area contributed by atoms with E-state index in [1.165, 1.54) is 20.3 Å². The van der Waals surface area contributed by atoms with Crippen LogP contribution in [0.2, 0.25) is 0 Å². The highest BCUT2D eigenvalue weighted by Crippen LogP contribution is 2.28. The maximum atomic E-state index is 13.6. The third-order valence-electron chi connectivity index (χ3n) is 5.80. The van der Waals surface area contributed by atoms with Crippen LogP contribution in [0.3, 0.4) is 0 Å². The maximum Gasteiger partial charge on any atom is 0.328 e. The normalized spacial score (nSPS) is 20.2. The number of pyridine rings is 1. The maximum absolute atomic E-state index is 13.6. The molecule has 1 atom stereocenters. The van der Waals surface area contributed by atoms with Crippen LogP contribution in [0.25, 0.3) is 0 Å². The Morgan fingerprint density at radius 1 is 1.14 bits per heavy atom. The molecule has 3 rings (SSSR count). The zero-order chi connectivity index (χ0) is 20.3. The summed E-state index contributed by atoms with van der Waals surface area (Å²) in [5.74, 6) is -0.385. The zero-order valence-corrected chi connectivity index (χ0v) is 16.9. The van der Waals surface area contributed by atoms with E-state index < -0.39 is 12.0 Å². The van der Waals surface area contributed by atoms with E-state index in [4.69, 9.17) is 9.47 Å². The van der Waals surface area contributed by atoms with Gasteiger partial charge in [-0.15, -0.1) is 0 Å². The number of piperidine rings is 1. The van der Waals surface area contributed by atoms with E-state index in [1.54, 1.807) is 9.47 Å². The smallest absolute Gasteiger partial charge is 0.328 e. The lowest BCUT2D eigenvalue weighted by atomic mass is 9.99. The molecule has 0 aromatic carbocycles. The average molecular weight is 391 g/mol. The van der Waals surface area contributed by atoms with E-state index in [-0.39, 0.29) is 17.2 Å². The molecule has 8 nitrogen and oxygen atoms in total. The third-order valence-corrected chi connectivity index (χ3v) is 5.80. The van der Waals surface area contributed by atoms with Crippen molar-refractivity contribution < 1.29 is 19.1 Å². The summed E-state index contributed by atoms with van der Waals surface area (Å²) in [6.45, 7) is 5.52. The number of fused-ring (bicyclic) bond motifs is 1. The van der Waals surface area contributed by atoms with E-state index in [2.05, 4.69) is 11.8 Å². The van der Waals surface area contributed by atoms with Crippen molar-refractivity contribution in [2.24, 2.45) is 0 Å². The predicted molar refractivity (Wildman–Crippen MR) is 104 cm³/mol. The van der Waals surface area contributed by atoms with Gasteiger partial charge in [0.2, 0.25) is 0 Å². The first-order valence-electron chi connectivity index (χ1n) is 9.93. The first-order chi connectivity index (χ1) is 13.5. The number of methoxy groups -OCH3 is 2. The number of esters is 1. The Bertz CT molecular complexity index is 804. The molecular formula is C20H29N3O5. The predicted octanol–water partition coefficient (Wildman–Crippen LogP) is 0.903. The molecule has 2 aliphatic rings. The van der Waals surface area contributed by atoms with Gasteiger partial charge in [0.05, 0.1) is 14.2 Å². The SMILES string of the molecule is CCN1CCc2c(C(=O)N3CCCC[C@@H]3C(=O)OC)c(OC)cc(=O)n2CC1. The van der Waals surface area contributed by atoms with E-state index in [1.807, 2.05) is 0 Å². The molecule has 2 aliphatic heterocycles. The van der Waals surface area contributed by atoms with Crippen LogP contribution in [0.1, 0.15) is 42.2 Å². The first kappa shape index (κ1) is 20.4. The molecule has 3 heterocycles. The molecule has 1 fully saturated rings.